The van der Waals surface area contributed by atoms with Gasteiger partial charge in [0.25, 0.3) is 0 Å². The van der Waals surface area contributed by atoms with Crippen LogP contribution in [0.2, 0.25) is 0 Å². The van der Waals surface area contributed by atoms with Gasteiger partial charge in [-0.2, -0.15) is 0 Å². The van der Waals surface area contributed by atoms with Crippen molar-refractivity contribution in [3.63, 3.8) is 0 Å². The molecule has 2 radical (unpaired) electrons. The van der Waals surface area contributed by atoms with E-state index in [0.717, 1.165) is 0 Å². The molecule has 0 atom stereocenters. The van der Waals surface area contributed by atoms with Crippen molar-refractivity contribution in [3.8, 4) is 0 Å². The molecule has 0 unspecified atom stereocenters. The Morgan fingerprint density at radius 2 is 1.60 bits per heavy atom. The Kier molecular flexibility index (Phi) is 2.18. The Labute approximate surface area is 70.7 Å². The van der Waals surface area contributed by atoms with E-state index in [4.69, 9.17) is 0 Å². The maximum atomic E-state index is 2.83. The molecule has 0 nitrogen and oxygen atoms in total. The van der Waals surface area contributed by atoms with Crippen LogP contribution in [0.5, 0.6) is 0 Å². The Bertz CT molecular complexity index is 196. The van der Waals surface area contributed by atoms with Crippen molar-refractivity contribution in [1.82, 2.24) is 0 Å². The van der Waals surface area contributed by atoms with E-state index < -0.39 is 0 Å². The number of hydrogen-bond donors (Lipinski definition) is 0. The lowest BCUT2D eigenvalue weighted by Gasteiger charge is -2.19. The summed E-state index contributed by atoms with van der Waals surface area (Å²) < 4.78 is 0.210. The summed E-state index contributed by atoms with van der Waals surface area (Å²) in [7, 11) is 0. The van der Waals surface area contributed by atoms with Crippen LogP contribution in [-0.2, 0) is 4.28 Å². The standard InChI is InChI=1S/C9H11.Al/c1-8(2)9-6-4-3-5-7-9;/h3-7H,1-2H3;. The van der Waals surface area contributed by atoms with Gasteiger partial charge >= 0.3 is 0 Å². The first-order chi connectivity index (χ1) is 4.61. The third-order valence-electron chi connectivity index (χ3n) is 1.52. The summed E-state index contributed by atoms with van der Waals surface area (Å²) in [6.07, 6.45) is 0. The Morgan fingerprint density at radius 1 is 1.10 bits per heavy atom. The second-order valence-corrected chi connectivity index (χ2v) is 4.53. The normalized spacial score (nSPS) is 11.4. The fourth-order valence-corrected chi connectivity index (χ4v) is 1.06. The third-order valence-corrected chi connectivity index (χ3v) is 1.85. The largest absolute Gasteiger partial charge is 0.136 e. The van der Waals surface area contributed by atoms with Crippen LogP contribution in [0.25, 0.3) is 0 Å². The highest BCUT2D eigenvalue weighted by Gasteiger charge is 2.09. The molecule has 0 heterocycles. The van der Waals surface area contributed by atoms with Crippen molar-refractivity contribution >= 4 is 16.3 Å². The molecular weight excluding hydrogens is 135 g/mol. The lowest BCUT2D eigenvalue weighted by molar-refractivity contribution is 0.764. The zero-order chi connectivity index (χ0) is 7.61. The first-order valence-electron chi connectivity index (χ1n) is 3.45. The molecule has 0 aliphatic heterocycles. The second-order valence-electron chi connectivity index (χ2n) is 3.09. The van der Waals surface area contributed by atoms with Gasteiger partial charge in [-0.25, -0.2) is 0 Å². The minimum atomic E-state index is 0.210. The summed E-state index contributed by atoms with van der Waals surface area (Å²) in [6, 6.07) is 10.5. The zero-order valence-electron chi connectivity index (χ0n) is 6.46. The molecule has 0 N–H and O–H groups in total. The topological polar surface area (TPSA) is 0 Å². The lowest BCUT2D eigenvalue weighted by Crippen LogP contribution is -2.15. The highest BCUT2D eigenvalue weighted by atomic mass is 27.0. The molecule has 50 valence electrons. The van der Waals surface area contributed by atoms with E-state index in [9.17, 15) is 0 Å². The van der Waals surface area contributed by atoms with E-state index in [0.29, 0.717) is 0 Å². The van der Waals surface area contributed by atoms with Gasteiger partial charge in [-0.05, 0) is 0 Å². The molecule has 1 aromatic rings. The lowest BCUT2D eigenvalue weighted by atomic mass is 10.0. The van der Waals surface area contributed by atoms with Crippen molar-refractivity contribution in [2.24, 2.45) is 0 Å². The van der Waals surface area contributed by atoms with Crippen molar-refractivity contribution in [1.29, 1.82) is 0 Å². The molecule has 0 aromatic heterocycles. The third kappa shape index (κ3) is 1.87. The minimum Gasteiger partial charge on any atom is -0.0788 e. The molecule has 0 saturated heterocycles. The van der Waals surface area contributed by atoms with Crippen LogP contribution in [0.3, 0.4) is 0 Å². The second kappa shape index (κ2) is 2.78. The van der Waals surface area contributed by atoms with Crippen molar-refractivity contribution in [3.05, 3.63) is 35.9 Å². The molecule has 0 fully saturated rings. The zero-order valence-corrected chi connectivity index (χ0v) is 7.62. The smallest absolute Gasteiger partial charge is 0.0788 e. The highest BCUT2D eigenvalue weighted by molar-refractivity contribution is 6.15. The minimum absolute atomic E-state index is 0.210. The maximum absolute atomic E-state index is 2.83. The molecule has 0 spiro atoms. The monoisotopic (exact) mass is 146 g/mol. The molecule has 1 rings (SSSR count). The molecular formula is C9H11Al. The van der Waals surface area contributed by atoms with Crippen LogP contribution in [0, 0.1) is 0 Å². The van der Waals surface area contributed by atoms with Gasteiger partial charge in [0.1, 0.15) is 16.3 Å². The van der Waals surface area contributed by atoms with Gasteiger partial charge in [-0.3, -0.25) is 0 Å². The van der Waals surface area contributed by atoms with E-state index in [-0.39, 0.29) is 4.28 Å². The molecule has 0 bridgehead atoms. The Hall–Kier alpha value is -0.248. The van der Waals surface area contributed by atoms with Gasteiger partial charge in [0, 0.05) is 0 Å². The molecule has 0 aliphatic carbocycles. The van der Waals surface area contributed by atoms with Gasteiger partial charge < -0.3 is 0 Å². The fraction of sp³-hybridized carbons (Fsp3) is 0.333. The molecule has 1 heteroatoms. The summed E-state index contributed by atoms with van der Waals surface area (Å²) in [5.41, 5.74) is 1.36. The summed E-state index contributed by atoms with van der Waals surface area (Å²) in [4.78, 5) is 0. The highest BCUT2D eigenvalue weighted by Crippen LogP contribution is 2.17. The molecule has 0 aliphatic rings. The van der Waals surface area contributed by atoms with Crippen LogP contribution in [0.1, 0.15) is 19.4 Å². The maximum Gasteiger partial charge on any atom is 0.136 e. The van der Waals surface area contributed by atoms with Gasteiger partial charge in [0.05, 0.1) is 0 Å². The SMILES string of the molecule is C[C](C)([Al])c1ccccc1. The average Bonchev–Trinajstić information content (AvgIpc) is 1.88. The molecule has 10 heavy (non-hydrogen) atoms. The fourth-order valence-electron chi connectivity index (χ4n) is 0.868. The van der Waals surface area contributed by atoms with Crippen LogP contribution < -0.4 is 0 Å². The van der Waals surface area contributed by atoms with Crippen LogP contribution in [0.15, 0.2) is 30.3 Å². The van der Waals surface area contributed by atoms with Gasteiger partial charge in [-0.15, -0.1) is 0 Å². The van der Waals surface area contributed by atoms with E-state index in [1.807, 2.05) is 6.07 Å². The first-order valence-corrected chi connectivity index (χ1v) is 4.03. The number of hydrogen-bond acceptors (Lipinski definition) is 0. The predicted molar refractivity (Wildman–Crippen MR) is 45.2 cm³/mol. The van der Waals surface area contributed by atoms with Gasteiger partial charge in [-0.1, -0.05) is 54.0 Å². The predicted octanol–water partition coefficient (Wildman–Crippen LogP) is 2.09. The summed E-state index contributed by atoms with van der Waals surface area (Å²) in [6.45, 7) is 4.38. The summed E-state index contributed by atoms with van der Waals surface area (Å²) in [5.74, 6) is 0. The van der Waals surface area contributed by atoms with Crippen molar-refractivity contribution in [2.45, 2.75) is 18.1 Å². The van der Waals surface area contributed by atoms with Crippen molar-refractivity contribution in [2.75, 3.05) is 0 Å². The van der Waals surface area contributed by atoms with E-state index in [1.54, 1.807) is 0 Å². The quantitative estimate of drug-likeness (QED) is 0.532. The number of rotatable bonds is 1. The summed E-state index contributed by atoms with van der Waals surface area (Å²) >= 11 is 2.83. The molecule has 0 amide bonds. The number of benzene rings is 1. The van der Waals surface area contributed by atoms with Crippen LogP contribution in [-0.4, -0.2) is 16.3 Å². The Balaban J connectivity index is 2.97. The van der Waals surface area contributed by atoms with Crippen LogP contribution in [0.4, 0.5) is 0 Å². The van der Waals surface area contributed by atoms with E-state index in [1.165, 1.54) is 5.56 Å². The summed E-state index contributed by atoms with van der Waals surface area (Å²) in [5, 5.41) is 0. The van der Waals surface area contributed by atoms with Gasteiger partial charge in [0.2, 0.25) is 0 Å². The molecule has 0 saturated carbocycles. The Morgan fingerprint density at radius 3 is 1.90 bits per heavy atom. The van der Waals surface area contributed by atoms with Crippen molar-refractivity contribution < 1.29 is 0 Å². The van der Waals surface area contributed by atoms with Crippen LogP contribution >= 0.6 is 0 Å². The van der Waals surface area contributed by atoms with E-state index in [2.05, 4.69) is 54.4 Å². The first kappa shape index (κ1) is 7.86. The average molecular weight is 146 g/mol. The molecule has 1 aromatic carbocycles. The van der Waals surface area contributed by atoms with E-state index >= 15 is 0 Å². The van der Waals surface area contributed by atoms with Gasteiger partial charge in [0.15, 0.2) is 0 Å².